The van der Waals surface area contributed by atoms with Crippen LogP contribution >= 0.6 is 0 Å². The summed E-state index contributed by atoms with van der Waals surface area (Å²) in [7, 11) is -3.00. The fraction of sp³-hybridized carbons (Fsp3) is 0.636. The number of aromatic amines is 1. The zero-order chi connectivity index (χ0) is 13.8. The predicted octanol–water partition coefficient (Wildman–Crippen LogP) is 0.740. The van der Waals surface area contributed by atoms with Crippen molar-refractivity contribution >= 4 is 15.7 Å². The first kappa shape index (κ1) is 14.7. The van der Waals surface area contributed by atoms with Crippen molar-refractivity contribution < 1.29 is 8.42 Å². The van der Waals surface area contributed by atoms with Crippen LogP contribution in [0.15, 0.2) is 10.9 Å². The molecule has 0 fully saturated rings. The lowest BCUT2D eigenvalue weighted by Crippen LogP contribution is -2.20. The zero-order valence-electron chi connectivity index (χ0n) is 10.9. The third-order valence-electron chi connectivity index (χ3n) is 2.47. The molecule has 0 amide bonds. The molecule has 0 atom stereocenters. The summed E-state index contributed by atoms with van der Waals surface area (Å²) in [4.78, 5) is 18.2. The van der Waals surface area contributed by atoms with Crippen LogP contribution in [0.5, 0.6) is 0 Å². The quantitative estimate of drug-likeness (QED) is 0.797. The van der Waals surface area contributed by atoms with Gasteiger partial charge in [-0.15, -0.1) is 0 Å². The summed E-state index contributed by atoms with van der Waals surface area (Å²) in [6, 6.07) is 1.32. The summed E-state index contributed by atoms with van der Waals surface area (Å²) in [5.41, 5.74) is -0.241. The Morgan fingerprint density at radius 2 is 2.11 bits per heavy atom. The summed E-state index contributed by atoms with van der Waals surface area (Å²) in [5, 5.41) is 2.86. The van der Waals surface area contributed by atoms with Gasteiger partial charge in [0.05, 0.1) is 5.75 Å². The molecule has 7 heteroatoms. The molecule has 0 aliphatic rings. The first-order valence-corrected chi connectivity index (χ1v) is 7.71. The monoisotopic (exact) mass is 273 g/mol. The van der Waals surface area contributed by atoms with Crippen LogP contribution in [0.1, 0.15) is 32.5 Å². The Morgan fingerprint density at radius 3 is 2.67 bits per heavy atom. The van der Waals surface area contributed by atoms with E-state index in [-0.39, 0.29) is 29.5 Å². The Hall–Kier alpha value is -1.37. The van der Waals surface area contributed by atoms with Crippen molar-refractivity contribution in [2.24, 2.45) is 0 Å². The molecule has 6 nitrogen and oxygen atoms in total. The Labute approximate surface area is 107 Å². The van der Waals surface area contributed by atoms with Gasteiger partial charge in [-0.1, -0.05) is 20.8 Å². The number of nitrogens with zero attached hydrogens (tertiary/aromatic N) is 1. The highest BCUT2D eigenvalue weighted by Gasteiger charge is 2.08. The Morgan fingerprint density at radius 1 is 1.44 bits per heavy atom. The van der Waals surface area contributed by atoms with Crippen molar-refractivity contribution in [3.63, 3.8) is 0 Å². The van der Waals surface area contributed by atoms with Crippen LogP contribution in [0, 0.1) is 0 Å². The van der Waals surface area contributed by atoms with Crippen LogP contribution in [-0.4, -0.2) is 36.4 Å². The van der Waals surface area contributed by atoms with Crippen molar-refractivity contribution in [1.82, 2.24) is 9.97 Å². The maximum Gasteiger partial charge on any atom is 0.252 e. The summed E-state index contributed by atoms with van der Waals surface area (Å²) < 4.78 is 22.6. The van der Waals surface area contributed by atoms with Gasteiger partial charge in [0.25, 0.3) is 5.56 Å². The first-order valence-electron chi connectivity index (χ1n) is 5.89. The van der Waals surface area contributed by atoms with Crippen molar-refractivity contribution in [3.8, 4) is 0 Å². The second kappa shape index (κ2) is 5.99. The van der Waals surface area contributed by atoms with Crippen LogP contribution in [-0.2, 0) is 9.84 Å². The molecule has 1 heterocycles. The minimum atomic E-state index is -3.00. The van der Waals surface area contributed by atoms with Gasteiger partial charge in [-0.2, -0.15) is 0 Å². The molecule has 0 aliphatic carbocycles. The Balaban J connectivity index is 2.71. The summed E-state index contributed by atoms with van der Waals surface area (Å²) in [6.07, 6.45) is 0. The molecular formula is C11H19N3O3S. The molecule has 0 aliphatic heterocycles. The van der Waals surface area contributed by atoms with Crippen molar-refractivity contribution in [2.75, 3.05) is 23.4 Å². The molecule has 1 rings (SSSR count). The van der Waals surface area contributed by atoms with Crippen molar-refractivity contribution in [3.05, 3.63) is 22.2 Å². The van der Waals surface area contributed by atoms with E-state index in [1.165, 1.54) is 6.07 Å². The molecule has 102 valence electrons. The molecule has 0 spiro atoms. The van der Waals surface area contributed by atoms with Crippen LogP contribution in [0.3, 0.4) is 0 Å². The third kappa shape index (κ3) is 4.48. The van der Waals surface area contributed by atoms with Gasteiger partial charge in [0.1, 0.15) is 11.6 Å². The predicted molar refractivity (Wildman–Crippen MR) is 71.8 cm³/mol. The molecule has 1 aromatic rings. The standard InChI is InChI=1S/C11H19N3O3S/c1-4-18(16,17)6-5-12-9-7-10(15)14-11(13-9)8(2)3/h7-8H,4-6H2,1-3H3,(H2,12,13,14,15). The van der Waals surface area contributed by atoms with Crippen LogP contribution < -0.4 is 10.9 Å². The van der Waals surface area contributed by atoms with E-state index in [9.17, 15) is 13.2 Å². The minimum Gasteiger partial charge on any atom is -0.369 e. The molecule has 0 aromatic carbocycles. The number of rotatable bonds is 6. The lowest BCUT2D eigenvalue weighted by atomic mass is 10.2. The van der Waals surface area contributed by atoms with E-state index in [2.05, 4.69) is 15.3 Å². The second-order valence-electron chi connectivity index (χ2n) is 4.33. The topological polar surface area (TPSA) is 91.9 Å². The molecule has 1 aromatic heterocycles. The molecular weight excluding hydrogens is 254 g/mol. The van der Waals surface area contributed by atoms with Gasteiger partial charge in [-0.3, -0.25) is 4.79 Å². The van der Waals surface area contributed by atoms with E-state index < -0.39 is 9.84 Å². The molecule has 0 saturated carbocycles. The number of anilines is 1. The minimum absolute atomic E-state index is 0.0367. The zero-order valence-corrected chi connectivity index (χ0v) is 11.7. The van der Waals surface area contributed by atoms with Crippen LogP contribution in [0.25, 0.3) is 0 Å². The van der Waals surface area contributed by atoms with E-state index in [4.69, 9.17) is 0 Å². The highest BCUT2D eigenvalue weighted by molar-refractivity contribution is 7.91. The van der Waals surface area contributed by atoms with Gasteiger partial charge in [0.2, 0.25) is 0 Å². The van der Waals surface area contributed by atoms with Crippen LogP contribution in [0.4, 0.5) is 5.82 Å². The summed E-state index contributed by atoms with van der Waals surface area (Å²) in [5.74, 6) is 1.26. The molecule has 0 bridgehead atoms. The fourth-order valence-electron chi connectivity index (χ4n) is 1.32. The number of sulfone groups is 1. The average Bonchev–Trinajstić information content (AvgIpc) is 2.28. The number of hydrogen-bond donors (Lipinski definition) is 2. The smallest absolute Gasteiger partial charge is 0.252 e. The van der Waals surface area contributed by atoms with Crippen LogP contribution in [0.2, 0.25) is 0 Å². The first-order chi connectivity index (χ1) is 8.34. The molecule has 2 N–H and O–H groups in total. The normalized spacial score (nSPS) is 11.8. The van der Waals surface area contributed by atoms with E-state index in [1.807, 2.05) is 13.8 Å². The lowest BCUT2D eigenvalue weighted by molar-refractivity contribution is 0.597. The highest BCUT2D eigenvalue weighted by atomic mass is 32.2. The maximum atomic E-state index is 11.4. The fourth-order valence-corrected chi connectivity index (χ4v) is 2.02. The van der Waals surface area contributed by atoms with Gasteiger partial charge < -0.3 is 10.3 Å². The Bertz CT molecular complexity index is 549. The molecule has 0 saturated heterocycles. The van der Waals surface area contributed by atoms with E-state index in [1.54, 1.807) is 6.92 Å². The Kier molecular flexibility index (Phi) is 4.89. The van der Waals surface area contributed by atoms with E-state index in [0.717, 1.165) is 0 Å². The van der Waals surface area contributed by atoms with Gasteiger partial charge in [0.15, 0.2) is 9.84 Å². The average molecular weight is 273 g/mol. The molecule has 0 radical (unpaired) electrons. The summed E-state index contributed by atoms with van der Waals surface area (Å²) in [6.45, 7) is 5.70. The van der Waals surface area contributed by atoms with Crippen molar-refractivity contribution in [1.29, 1.82) is 0 Å². The van der Waals surface area contributed by atoms with Gasteiger partial charge >= 0.3 is 0 Å². The molecule has 18 heavy (non-hydrogen) atoms. The van der Waals surface area contributed by atoms with Gasteiger partial charge in [-0.25, -0.2) is 13.4 Å². The second-order valence-corrected chi connectivity index (χ2v) is 6.81. The maximum absolute atomic E-state index is 11.4. The lowest BCUT2D eigenvalue weighted by Gasteiger charge is -2.08. The van der Waals surface area contributed by atoms with Gasteiger partial charge in [-0.05, 0) is 0 Å². The van der Waals surface area contributed by atoms with Gasteiger partial charge in [0, 0.05) is 24.3 Å². The molecule has 0 unspecified atom stereocenters. The SMILES string of the molecule is CCS(=O)(=O)CCNc1cc(=O)[nH]c(C(C)C)n1. The number of H-pyrrole nitrogens is 1. The summed E-state index contributed by atoms with van der Waals surface area (Å²) >= 11 is 0. The largest absolute Gasteiger partial charge is 0.369 e. The number of hydrogen-bond acceptors (Lipinski definition) is 5. The highest BCUT2D eigenvalue weighted by Crippen LogP contribution is 2.08. The third-order valence-corrected chi connectivity index (χ3v) is 4.17. The van der Waals surface area contributed by atoms with E-state index in [0.29, 0.717) is 11.6 Å². The number of aromatic nitrogens is 2. The van der Waals surface area contributed by atoms with E-state index >= 15 is 0 Å². The number of nitrogens with one attached hydrogen (secondary N) is 2. The van der Waals surface area contributed by atoms with Crippen molar-refractivity contribution in [2.45, 2.75) is 26.7 Å².